The van der Waals surface area contributed by atoms with E-state index in [1.807, 2.05) is 6.07 Å². The molecule has 0 spiro atoms. The number of hydrogen-bond acceptors (Lipinski definition) is 3. The Morgan fingerprint density at radius 3 is 2.87 bits per heavy atom. The molecule has 1 aliphatic rings. The molecule has 2 rings (SSSR count). The molecule has 0 aromatic heterocycles. The molecule has 1 amide bonds. The maximum Gasteiger partial charge on any atom is 0.227 e. The Labute approximate surface area is 88.6 Å². The fourth-order valence-electron chi connectivity index (χ4n) is 1.82. The molecule has 1 aromatic rings. The number of rotatable bonds is 2. The van der Waals surface area contributed by atoms with Crippen LogP contribution in [0.1, 0.15) is 12.8 Å². The molecule has 0 aliphatic carbocycles. The second-order valence-corrected chi connectivity index (χ2v) is 3.58. The zero-order chi connectivity index (χ0) is 10.8. The molecule has 0 unspecified atom stereocenters. The number of benzene rings is 1. The van der Waals surface area contributed by atoms with Gasteiger partial charge in [-0.1, -0.05) is 0 Å². The third kappa shape index (κ3) is 1.75. The van der Waals surface area contributed by atoms with E-state index in [-0.39, 0.29) is 5.91 Å². The van der Waals surface area contributed by atoms with E-state index >= 15 is 0 Å². The molecule has 0 saturated carbocycles. The van der Waals surface area contributed by atoms with Gasteiger partial charge >= 0.3 is 0 Å². The predicted octanol–water partition coefficient (Wildman–Crippen LogP) is 1.40. The summed E-state index contributed by atoms with van der Waals surface area (Å²) in [6.45, 7) is 0.763. The summed E-state index contributed by atoms with van der Waals surface area (Å²) in [5.41, 5.74) is 7.11. The van der Waals surface area contributed by atoms with Gasteiger partial charge in [0.05, 0.1) is 12.8 Å². The van der Waals surface area contributed by atoms with Crippen molar-refractivity contribution in [2.75, 3.05) is 24.3 Å². The molecule has 80 valence electrons. The fourth-order valence-corrected chi connectivity index (χ4v) is 1.82. The summed E-state index contributed by atoms with van der Waals surface area (Å²) in [4.78, 5) is 13.3. The zero-order valence-electron chi connectivity index (χ0n) is 8.69. The van der Waals surface area contributed by atoms with Crippen LogP contribution in [-0.4, -0.2) is 19.6 Å². The van der Waals surface area contributed by atoms with E-state index in [0.29, 0.717) is 17.9 Å². The van der Waals surface area contributed by atoms with E-state index in [4.69, 9.17) is 10.5 Å². The van der Waals surface area contributed by atoms with Gasteiger partial charge in [0, 0.05) is 24.7 Å². The summed E-state index contributed by atoms with van der Waals surface area (Å²) in [6.07, 6.45) is 1.53. The first-order valence-electron chi connectivity index (χ1n) is 4.96. The van der Waals surface area contributed by atoms with Crippen molar-refractivity contribution in [2.24, 2.45) is 0 Å². The van der Waals surface area contributed by atoms with Gasteiger partial charge < -0.3 is 15.4 Å². The molecule has 0 bridgehead atoms. The molecule has 1 aliphatic heterocycles. The van der Waals surface area contributed by atoms with Crippen molar-refractivity contribution in [3.8, 4) is 5.75 Å². The lowest BCUT2D eigenvalue weighted by atomic mass is 10.2. The van der Waals surface area contributed by atoms with Gasteiger partial charge in [0.1, 0.15) is 5.75 Å². The molecule has 1 heterocycles. The smallest absolute Gasteiger partial charge is 0.227 e. The molecule has 2 N–H and O–H groups in total. The largest absolute Gasteiger partial charge is 0.494 e. The number of nitrogen functional groups attached to an aromatic ring is 1. The number of hydrogen-bond donors (Lipinski definition) is 1. The molecule has 0 radical (unpaired) electrons. The Balaban J connectivity index is 2.38. The van der Waals surface area contributed by atoms with Crippen molar-refractivity contribution >= 4 is 17.3 Å². The average molecular weight is 206 g/mol. The van der Waals surface area contributed by atoms with Gasteiger partial charge in [-0.15, -0.1) is 0 Å². The SMILES string of the molecule is COc1cc(N)ccc1N1CCCC1=O. The fraction of sp³-hybridized carbons (Fsp3) is 0.364. The lowest BCUT2D eigenvalue weighted by Crippen LogP contribution is -2.24. The molecule has 4 nitrogen and oxygen atoms in total. The van der Waals surface area contributed by atoms with Crippen molar-refractivity contribution in [3.05, 3.63) is 18.2 Å². The van der Waals surface area contributed by atoms with Crippen LogP contribution >= 0.6 is 0 Å². The summed E-state index contributed by atoms with van der Waals surface area (Å²) < 4.78 is 5.21. The highest BCUT2D eigenvalue weighted by Crippen LogP contribution is 2.32. The predicted molar refractivity (Wildman–Crippen MR) is 59.0 cm³/mol. The first-order chi connectivity index (χ1) is 7.22. The standard InChI is InChI=1S/C11H14N2O2/c1-15-10-7-8(12)4-5-9(10)13-6-2-3-11(13)14/h4-5,7H,2-3,6,12H2,1H3. The minimum Gasteiger partial charge on any atom is -0.494 e. The summed E-state index contributed by atoms with van der Waals surface area (Å²) in [5.74, 6) is 0.809. The number of amides is 1. The van der Waals surface area contributed by atoms with Crippen LogP contribution in [0.5, 0.6) is 5.75 Å². The highest BCUT2D eigenvalue weighted by atomic mass is 16.5. The maximum absolute atomic E-state index is 11.6. The third-order valence-electron chi connectivity index (χ3n) is 2.57. The van der Waals surface area contributed by atoms with Gasteiger partial charge in [-0.3, -0.25) is 4.79 Å². The number of methoxy groups -OCH3 is 1. The lowest BCUT2D eigenvalue weighted by molar-refractivity contribution is -0.117. The second kappa shape index (κ2) is 3.81. The maximum atomic E-state index is 11.6. The van der Waals surface area contributed by atoms with Gasteiger partial charge in [-0.25, -0.2) is 0 Å². The number of carbonyl (C=O) groups excluding carboxylic acids is 1. The van der Waals surface area contributed by atoms with E-state index < -0.39 is 0 Å². The topological polar surface area (TPSA) is 55.6 Å². The molecule has 15 heavy (non-hydrogen) atoms. The van der Waals surface area contributed by atoms with E-state index in [1.165, 1.54) is 0 Å². The average Bonchev–Trinajstić information content (AvgIpc) is 2.64. The van der Waals surface area contributed by atoms with Gasteiger partial charge in [0.2, 0.25) is 5.91 Å². The number of nitrogens with zero attached hydrogens (tertiary/aromatic N) is 1. The van der Waals surface area contributed by atoms with E-state index in [9.17, 15) is 4.79 Å². The first-order valence-corrected chi connectivity index (χ1v) is 4.96. The molecular formula is C11H14N2O2. The Kier molecular flexibility index (Phi) is 2.49. The van der Waals surface area contributed by atoms with Crippen molar-refractivity contribution in [1.29, 1.82) is 0 Å². The number of anilines is 2. The second-order valence-electron chi connectivity index (χ2n) is 3.58. The Morgan fingerprint density at radius 1 is 1.47 bits per heavy atom. The van der Waals surface area contributed by atoms with Crippen molar-refractivity contribution in [1.82, 2.24) is 0 Å². The lowest BCUT2D eigenvalue weighted by Gasteiger charge is -2.18. The first kappa shape index (κ1) is 9.83. The van der Waals surface area contributed by atoms with Gasteiger partial charge in [-0.05, 0) is 18.6 Å². The minimum atomic E-state index is 0.151. The molecule has 1 fully saturated rings. The highest BCUT2D eigenvalue weighted by molar-refractivity contribution is 5.97. The summed E-state index contributed by atoms with van der Waals surface area (Å²) >= 11 is 0. The summed E-state index contributed by atoms with van der Waals surface area (Å²) in [5, 5.41) is 0. The summed E-state index contributed by atoms with van der Waals surface area (Å²) in [6, 6.07) is 5.35. The van der Waals surface area contributed by atoms with Crippen molar-refractivity contribution in [2.45, 2.75) is 12.8 Å². The van der Waals surface area contributed by atoms with Crippen LogP contribution in [0.4, 0.5) is 11.4 Å². The van der Waals surface area contributed by atoms with Gasteiger partial charge in [0.15, 0.2) is 0 Å². The number of carbonyl (C=O) groups is 1. The van der Waals surface area contributed by atoms with E-state index in [2.05, 4.69) is 0 Å². The van der Waals surface area contributed by atoms with Crippen LogP contribution in [0.15, 0.2) is 18.2 Å². The van der Waals surface area contributed by atoms with Gasteiger partial charge in [0.25, 0.3) is 0 Å². The Morgan fingerprint density at radius 2 is 2.27 bits per heavy atom. The Bertz CT molecular complexity index is 390. The quantitative estimate of drug-likeness (QED) is 0.744. The number of nitrogens with two attached hydrogens (primary N) is 1. The summed E-state index contributed by atoms with van der Waals surface area (Å²) in [7, 11) is 1.58. The molecule has 1 saturated heterocycles. The van der Waals surface area contributed by atoms with Crippen LogP contribution < -0.4 is 15.4 Å². The van der Waals surface area contributed by atoms with E-state index in [1.54, 1.807) is 24.1 Å². The van der Waals surface area contributed by atoms with Crippen molar-refractivity contribution in [3.63, 3.8) is 0 Å². The van der Waals surface area contributed by atoms with Gasteiger partial charge in [-0.2, -0.15) is 0 Å². The van der Waals surface area contributed by atoms with Crippen LogP contribution in [0.25, 0.3) is 0 Å². The molecule has 4 heteroatoms. The third-order valence-corrected chi connectivity index (χ3v) is 2.57. The molecule has 0 atom stereocenters. The molecule has 1 aromatic carbocycles. The normalized spacial score (nSPS) is 15.8. The highest BCUT2D eigenvalue weighted by Gasteiger charge is 2.24. The monoisotopic (exact) mass is 206 g/mol. The zero-order valence-corrected chi connectivity index (χ0v) is 8.69. The molecular weight excluding hydrogens is 192 g/mol. The van der Waals surface area contributed by atoms with Crippen molar-refractivity contribution < 1.29 is 9.53 Å². The van der Waals surface area contributed by atoms with Crippen LogP contribution in [-0.2, 0) is 4.79 Å². The van der Waals surface area contributed by atoms with Crippen LogP contribution in [0.3, 0.4) is 0 Å². The minimum absolute atomic E-state index is 0.151. The Hall–Kier alpha value is -1.71. The van der Waals surface area contributed by atoms with Crippen LogP contribution in [0, 0.1) is 0 Å². The van der Waals surface area contributed by atoms with Crippen LogP contribution in [0.2, 0.25) is 0 Å². The van der Waals surface area contributed by atoms with E-state index in [0.717, 1.165) is 18.7 Å². The number of ether oxygens (including phenoxy) is 1.